The molecule has 0 bridgehead atoms. The van der Waals surface area contributed by atoms with Gasteiger partial charge < -0.3 is 19.5 Å². The number of aliphatic hydroxyl groups is 1. The van der Waals surface area contributed by atoms with Crippen LogP contribution in [0.2, 0.25) is 0 Å². The van der Waals surface area contributed by atoms with E-state index in [9.17, 15) is 14.7 Å². The van der Waals surface area contributed by atoms with Crippen LogP contribution in [-0.2, 0) is 15.0 Å². The van der Waals surface area contributed by atoms with Crippen LogP contribution in [0.3, 0.4) is 0 Å². The zero-order chi connectivity index (χ0) is 28.5. The summed E-state index contributed by atoms with van der Waals surface area (Å²) in [6, 6.07) is 19.3. The molecule has 204 valence electrons. The number of nitrogens with zero attached hydrogens (tertiary/aromatic N) is 2. The molecule has 4 rings (SSSR count). The maximum absolute atomic E-state index is 13.6. The second kappa shape index (κ2) is 10.8. The maximum atomic E-state index is 13.6. The number of carbonyl (C=O) groups excluding carboxylic acids is 2. The molecule has 1 fully saturated rings. The smallest absolute Gasteiger partial charge is 0.300 e. The molecule has 1 N–H and O–H groups in total. The number of carbonyl (C=O) groups is 2. The van der Waals surface area contributed by atoms with Crippen LogP contribution >= 0.6 is 0 Å². The molecule has 39 heavy (non-hydrogen) atoms. The molecule has 0 saturated carbocycles. The van der Waals surface area contributed by atoms with E-state index in [1.54, 1.807) is 30.3 Å². The number of hydrogen-bond donors (Lipinski definition) is 1. The minimum atomic E-state index is -0.845. The summed E-state index contributed by atoms with van der Waals surface area (Å²) in [6.07, 6.45) is 0. The number of benzene rings is 3. The first-order valence-corrected chi connectivity index (χ1v) is 13.0. The molecule has 1 amide bonds. The standard InChI is InChI=1S/C32H36N2O5/c1-8-39-24-16-14-23(15-17-24)34-28(20-9-12-22(13-10-20)33(5)6)27(30(36)31(34)37)29(35)25-19-21(32(2,3)4)11-18-26(25)38-7/h9-19,28,35H,8H2,1-7H3/b29-27+. The van der Waals surface area contributed by atoms with Gasteiger partial charge in [0.2, 0.25) is 0 Å². The molecule has 0 radical (unpaired) electrons. The molecule has 1 unspecified atom stereocenters. The highest BCUT2D eigenvalue weighted by Gasteiger charge is 2.47. The third kappa shape index (κ3) is 5.35. The second-order valence-electron chi connectivity index (χ2n) is 10.7. The average molecular weight is 529 g/mol. The van der Waals surface area contributed by atoms with Crippen LogP contribution in [0.5, 0.6) is 11.5 Å². The largest absolute Gasteiger partial charge is 0.507 e. The fourth-order valence-corrected chi connectivity index (χ4v) is 4.74. The molecule has 1 atom stereocenters. The Hall–Kier alpha value is -4.26. The van der Waals surface area contributed by atoms with Gasteiger partial charge in [0.15, 0.2) is 0 Å². The summed E-state index contributed by atoms with van der Waals surface area (Å²) in [7, 11) is 5.39. The highest BCUT2D eigenvalue weighted by molar-refractivity contribution is 6.51. The zero-order valence-corrected chi connectivity index (χ0v) is 23.6. The highest BCUT2D eigenvalue weighted by atomic mass is 16.5. The highest BCUT2D eigenvalue weighted by Crippen LogP contribution is 2.44. The fraction of sp³-hybridized carbons (Fsp3) is 0.312. The number of amides is 1. The average Bonchev–Trinajstić information content (AvgIpc) is 3.18. The molecule has 1 saturated heterocycles. The molecule has 1 aliphatic heterocycles. The van der Waals surface area contributed by atoms with Gasteiger partial charge >= 0.3 is 0 Å². The summed E-state index contributed by atoms with van der Waals surface area (Å²) in [5.74, 6) is -0.672. The molecule has 7 heteroatoms. The first kappa shape index (κ1) is 27.8. The van der Waals surface area contributed by atoms with Gasteiger partial charge in [-0.2, -0.15) is 0 Å². The number of ether oxygens (including phenoxy) is 2. The summed E-state index contributed by atoms with van der Waals surface area (Å²) in [5.41, 5.74) is 3.31. The minimum absolute atomic E-state index is 0.0100. The number of ketones is 1. The van der Waals surface area contributed by atoms with Crippen molar-refractivity contribution in [2.45, 2.75) is 39.2 Å². The fourth-order valence-electron chi connectivity index (χ4n) is 4.74. The van der Waals surface area contributed by atoms with Gasteiger partial charge in [-0.15, -0.1) is 0 Å². The predicted octanol–water partition coefficient (Wildman–Crippen LogP) is 6.08. The van der Waals surface area contributed by atoms with Crippen molar-refractivity contribution in [2.75, 3.05) is 37.6 Å². The summed E-state index contributed by atoms with van der Waals surface area (Å²) in [6.45, 7) is 8.60. The van der Waals surface area contributed by atoms with Gasteiger partial charge in [0.25, 0.3) is 11.7 Å². The Bertz CT molecular complexity index is 1400. The van der Waals surface area contributed by atoms with E-state index in [0.717, 1.165) is 11.3 Å². The Morgan fingerprint density at radius 2 is 1.62 bits per heavy atom. The normalized spacial score (nSPS) is 16.9. The lowest BCUT2D eigenvalue weighted by atomic mass is 9.85. The quantitative estimate of drug-likeness (QED) is 0.227. The van der Waals surface area contributed by atoms with E-state index >= 15 is 0 Å². The van der Waals surface area contributed by atoms with Gasteiger partial charge in [-0.3, -0.25) is 14.5 Å². The van der Waals surface area contributed by atoms with Crippen LogP contribution in [0.1, 0.15) is 50.4 Å². The summed E-state index contributed by atoms with van der Waals surface area (Å²) in [4.78, 5) is 30.6. The van der Waals surface area contributed by atoms with Gasteiger partial charge in [-0.05, 0) is 72.0 Å². The number of aliphatic hydroxyl groups excluding tert-OH is 1. The Morgan fingerprint density at radius 3 is 2.15 bits per heavy atom. The van der Waals surface area contributed by atoms with Crippen LogP contribution in [-0.4, -0.2) is 44.6 Å². The number of Topliss-reactive ketones (excluding diaryl/α,β-unsaturated/α-hetero) is 1. The van der Waals surface area contributed by atoms with E-state index in [4.69, 9.17) is 9.47 Å². The molecule has 3 aromatic rings. The van der Waals surface area contributed by atoms with Gasteiger partial charge in [-0.25, -0.2) is 0 Å². The van der Waals surface area contributed by atoms with E-state index in [1.165, 1.54) is 12.0 Å². The van der Waals surface area contributed by atoms with E-state index < -0.39 is 17.7 Å². The van der Waals surface area contributed by atoms with Crippen molar-refractivity contribution < 1.29 is 24.2 Å². The van der Waals surface area contributed by atoms with Crippen LogP contribution in [0.15, 0.2) is 72.3 Å². The van der Waals surface area contributed by atoms with E-state index in [2.05, 4.69) is 20.8 Å². The van der Waals surface area contributed by atoms with E-state index in [-0.39, 0.29) is 16.7 Å². The molecule has 1 heterocycles. The first-order valence-electron chi connectivity index (χ1n) is 13.0. The predicted molar refractivity (Wildman–Crippen MR) is 155 cm³/mol. The number of anilines is 2. The molecule has 1 aliphatic rings. The van der Waals surface area contributed by atoms with Crippen LogP contribution < -0.4 is 19.3 Å². The maximum Gasteiger partial charge on any atom is 0.300 e. The van der Waals surface area contributed by atoms with E-state index in [0.29, 0.717) is 34.9 Å². The van der Waals surface area contributed by atoms with Crippen LogP contribution in [0.25, 0.3) is 5.76 Å². The van der Waals surface area contributed by atoms with Gasteiger partial charge in [0.1, 0.15) is 17.3 Å². The van der Waals surface area contributed by atoms with Crippen molar-refractivity contribution in [3.63, 3.8) is 0 Å². The Kier molecular flexibility index (Phi) is 7.72. The van der Waals surface area contributed by atoms with Gasteiger partial charge in [-0.1, -0.05) is 39.0 Å². The topological polar surface area (TPSA) is 79.3 Å². The summed E-state index contributed by atoms with van der Waals surface area (Å²) in [5, 5.41) is 11.7. The molecule has 3 aromatic carbocycles. The van der Waals surface area contributed by atoms with E-state index in [1.807, 2.05) is 62.3 Å². The lowest BCUT2D eigenvalue weighted by Gasteiger charge is -2.26. The first-order chi connectivity index (χ1) is 18.5. The SMILES string of the molecule is CCOc1ccc(N2C(=O)C(=O)/C(=C(/O)c3cc(C(C)(C)C)ccc3OC)C2c2ccc(N(C)C)cc2)cc1. The Balaban J connectivity index is 1.95. The van der Waals surface area contributed by atoms with Crippen molar-refractivity contribution in [3.8, 4) is 11.5 Å². The third-order valence-corrected chi connectivity index (χ3v) is 6.92. The molecular formula is C32H36N2O5. The van der Waals surface area contributed by atoms with Crippen LogP contribution in [0.4, 0.5) is 11.4 Å². The Labute approximate surface area is 230 Å². The third-order valence-electron chi connectivity index (χ3n) is 6.92. The molecule has 0 aliphatic carbocycles. The van der Waals surface area contributed by atoms with Crippen molar-refractivity contribution in [1.29, 1.82) is 0 Å². The van der Waals surface area contributed by atoms with Gasteiger partial charge in [0, 0.05) is 25.5 Å². The number of rotatable bonds is 7. The molecule has 0 spiro atoms. The van der Waals surface area contributed by atoms with Crippen molar-refractivity contribution in [2.24, 2.45) is 0 Å². The monoisotopic (exact) mass is 528 g/mol. The van der Waals surface area contributed by atoms with Crippen molar-refractivity contribution in [3.05, 3.63) is 89.0 Å². The number of hydrogen-bond acceptors (Lipinski definition) is 6. The zero-order valence-electron chi connectivity index (χ0n) is 23.6. The molecular weight excluding hydrogens is 492 g/mol. The van der Waals surface area contributed by atoms with Crippen LogP contribution in [0, 0.1) is 0 Å². The van der Waals surface area contributed by atoms with Crippen molar-refractivity contribution in [1.82, 2.24) is 0 Å². The minimum Gasteiger partial charge on any atom is -0.507 e. The number of methoxy groups -OCH3 is 1. The van der Waals surface area contributed by atoms with Gasteiger partial charge in [0.05, 0.1) is 30.9 Å². The summed E-state index contributed by atoms with van der Waals surface area (Å²) >= 11 is 0. The second-order valence-corrected chi connectivity index (χ2v) is 10.7. The molecule has 7 nitrogen and oxygen atoms in total. The lowest BCUT2D eigenvalue weighted by Crippen LogP contribution is -2.29. The summed E-state index contributed by atoms with van der Waals surface area (Å²) < 4.78 is 11.1. The van der Waals surface area contributed by atoms with Crippen molar-refractivity contribution >= 4 is 28.8 Å². The molecule has 0 aromatic heterocycles. The lowest BCUT2D eigenvalue weighted by molar-refractivity contribution is -0.132. The Morgan fingerprint density at radius 1 is 0.974 bits per heavy atom.